The molecule has 1 aromatic rings. The topological polar surface area (TPSA) is 17.1 Å². The molecule has 1 rings (SSSR count). The molecule has 0 aromatic heterocycles. The Labute approximate surface area is 79.1 Å². The van der Waals surface area contributed by atoms with E-state index in [4.69, 9.17) is 0 Å². The highest BCUT2D eigenvalue weighted by Gasteiger charge is 2.08. The van der Waals surface area contributed by atoms with Crippen molar-refractivity contribution in [2.75, 3.05) is 0 Å². The number of rotatable bonds is 3. The third kappa shape index (κ3) is 2.81. The number of carbonyl (C=O) groups excluding carboxylic acids is 1. The van der Waals surface area contributed by atoms with Crippen molar-refractivity contribution < 1.29 is 13.6 Å². The molecule has 1 aromatic carbocycles. The van der Waals surface area contributed by atoms with Gasteiger partial charge in [0.25, 0.3) is 0 Å². The summed E-state index contributed by atoms with van der Waals surface area (Å²) in [7, 11) is 0. The van der Waals surface area contributed by atoms with Crippen molar-refractivity contribution in [3.05, 3.63) is 29.8 Å². The van der Waals surface area contributed by atoms with Crippen LogP contribution in [0.3, 0.4) is 0 Å². The van der Waals surface area contributed by atoms with Gasteiger partial charge in [-0.2, -0.15) is 0 Å². The molecule has 0 saturated carbocycles. The molecule has 0 aliphatic carbocycles. The SMILES string of the molecule is CC(C=O)Sc1ccc(F)cc1F. The standard InChI is InChI=1S/C9H8F2OS/c1-6(5-12)13-9-3-2-7(10)4-8(9)11/h2-6H,1H3. The molecule has 1 atom stereocenters. The quantitative estimate of drug-likeness (QED) is 0.553. The van der Waals surface area contributed by atoms with Crippen molar-refractivity contribution in [3.63, 3.8) is 0 Å². The third-order valence-corrected chi connectivity index (χ3v) is 2.47. The molecule has 0 aliphatic heterocycles. The van der Waals surface area contributed by atoms with Crippen LogP contribution in [-0.4, -0.2) is 11.5 Å². The summed E-state index contributed by atoms with van der Waals surface area (Å²) >= 11 is 1.07. The van der Waals surface area contributed by atoms with E-state index in [1.165, 1.54) is 12.1 Å². The molecule has 13 heavy (non-hydrogen) atoms. The third-order valence-electron chi connectivity index (χ3n) is 1.40. The summed E-state index contributed by atoms with van der Waals surface area (Å²) in [5.74, 6) is -1.24. The minimum atomic E-state index is -0.626. The van der Waals surface area contributed by atoms with E-state index in [-0.39, 0.29) is 5.25 Å². The largest absolute Gasteiger partial charge is 0.302 e. The van der Waals surface area contributed by atoms with Gasteiger partial charge < -0.3 is 4.79 Å². The van der Waals surface area contributed by atoms with Gasteiger partial charge in [-0.05, 0) is 19.1 Å². The minimum absolute atomic E-state index is 0.293. The molecule has 0 aliphatic rings. The second kappa shape index (κ2) is 4.37. The first-order valence-corrected chi connectivity index (χ1v) is 4.58. The molecule has 1 unspecified atom stereocenters. The van der Waals surface area contributed by atoms with Crippen LogP contribution in [0.4, 0.5) is 8.78 Å². The van der Waals surface area contributed by atoms with E-state index >= 15 is 0 Å². The molecule has 0 saturated heterocycles. The second-order valence-electron chi connectivity index (χ2n) is 2.53. The Morgan fingerprint density at radius 3 is 2.69 bits per heavy atom. The molecule has 0 bridgehead atoms. The first kappa shape index (κ1) is 10.2. The van der Waals surface area contributed by atoms with Gasteiger partial charge in [0.1, 0.15) is 17.9 Å². The van der Waals surface area contributed by atoms with Gasteiger partial charge in [-0.25, -0.2) is 8.78 Å². The zero-order valence-electron chi connectivity index (χ0n) is 6.96. The fraction of sp³-hybridized carbons (Fsp3) is 0.222. The number of carbonyl (C=O) groups is 1. The summed E-state index contributed by atoms with van der Waals surface area (Å²) in [6.45, 7) is 1.65. The highest BCUT2D eigenvalue weighted by atomic mass is 32.2. The Balaban J connectivity index is 2.83. The number of benzene rings is 1. The summed E-state index contributed by atoms with van der Waals surface area (Å²) < 4.78 is 25.4. The Bertz CT molecular complexity index is 314. The number of thioether (sulfide) groups is 1. The molecular formula is C9H8F2OS. The Morgan fingerprint density at radius 2 is 2.15 bits per heavy atom. The highest BCUT2D eigenvalue weighted by Crippen LogP contribution is 2.25. The van der Waals surface area contributed by atoms with Crippen LogP contribution in [0.1, 0.15) is 6.92 Å². The Hall–Kier alpha value is -0.900. The molecular weight excluding hydrogens is 194 g/mol. The normalized spacial score (nSPS) is 12.5. The van der Waals surface area contributed by atoms with Gasteiger partial charge in [0.15, 0.2) is 0 Å². The van der Waals surface area contributed by atoms with Crippen LogP contribution in [0, 0.1) is 11.6 Å². The van der Waals surface area contributed by atoms with Crippen LogP contribution in [0.5, 0.6) is 0 Å². The molecule has 0 amide bonds. The van der Waals surface area contributed by atoms with E-state index in [0.717, 1.165) is 17.8 Å². The monoisotopic (exact) mass is 202 g/mol. The van der Waals surface area contributed by atoms with Gasteiger partial charge in [0.2, 0.25) is 0 Å². The molecule has 0 fully saturated rings. The zero-order chi connectivity index (χ0) is 9.84. The first-order valence-electron chi connectivity index (χ1n) is 3.70. The highest BCUT2D eigenvalue weighted by molar-refractivity contribution is 8.00. The van der Waals surface area contributed by atoms with Crippen molar-refractivity contribution in [1.82, 2.24) is 0 Å². The fourth-order valence-corrected chi connectivity index (χ4v) is 1.57. The number of aldehydes is 1. The lowest BCUT2D eigenvalue weighted by Gasteiger charge is -2.04. The van der Waals surface area contributed by atoms with Crippen LogP contribution < -0.4 is 0 Å². The van der Waals surface area contributed by atoms with Crippen LogP contribution in [0.15, 0.2) is 23.1 Å². The predicted molar refractivity (Wildman–Crippen MR) is 47.7 cm³/mol. The van der Waals surface area contributed by atoms with Crippen molar-refractivity contribution in [3.8, 4) is 0 Å². The summed E-state index contributed by atoms with van der Waals surface area (Å²) in [6, 6.07) is 3.30. The number of hydrogen-bond acceptors (Lipinski definition) is 2. The molecule has 70 valence electrons. The lowest BCUT2D eigenvalue weighted by atomic mass is 10.3. The van der Waals surface area contributed by atoms with E-state index in [2.05, 4.69) is 0 Å². The second-order valence-corrected chi connectivity index (χ2v) is 3.95. The van der Waals surface area contributed by atoms with Crippen LogP contribution in [-0.2, 0) is 4.79 Å². The van der Waals surface area contributed by atoms with Crippen LogP contribution in [0.2, 0.25) is 0 Å². The number of halogens is 2. The van der Waals surface area contributed by atoms with Gasteiger partial charge >= 0.3 is 0 Å². The van der Waals surface area contributed by atoms with Crippen molar-refractivity contribution in [1.29, 1.82) is 0 Å². The molecule has 0 heterocycles. The average Bonchev–Trinajstić information content (AvgIpc) is 2.09. The van der Waals surface area contributed by atoms with Gasteiger partial charge in [0, 0.05) is 11.0 Å². The van der Waals surface area contributed by atoms with Gasteiger partial charge in [-0.1, -0.05) is 0 Å². The molecule has 0 N–H and O–H groups in total. The molecule has 0 radical (unpaired) electrons. The summed E-state index contributed by atoms with van der Waals surface area (Å²) in [5.41, 5.74) is 0. The maximum absolute atomic E-state index is 13.0. The lowest BCUT2D eigenvalue weighted by Crippen LogP contribution is -1.97. The van der Waals surface area contributed by atoms with Crippen LogP contribution >= 0.6 is 11.8 Å². The summed E-state index contributed by atoms with van der Waals surface area (Å²) in [5, 5.41) is -0.319. The van der Waals surface area contributed by atoms with Crippen LogP contribution in [0.25, 0.3) is 0 Å². The Morgan fingerprint density at radius 1 is 1.46 bits per heavy atom. The minimum Gasteiger partial charge on any atom is -0.302 e. The maximum atomic E-state index is 13.0. The van der Waals surface area contributed by atoms with E-state index in [9.17, 15) is 13.6 Å². The summed E-state index contributed by atoms with van der Waals surface area (Å²) in [4.78, 5) is 10.6. The summed E-state index contributed by atoms with van der Waals surface area (Å²) in [6.07, 6.45) is 0.716. The first-order chi connectivity index (χ1) is 6.13. The Kier molecular flexibility index (Phi) is 3.42. The lowest BCUT2D eigenvalue weighted by molar-refractivity contribution is -0.107. The van der Waals surface area contributed by atoms with Crippen molar-refractivity contribution in [2.45, 2.75) is 17.1 Å². The molecule has 4 heteroatoms. The van der Waals surface area contributed by atoms with E-state index < -0.39 is 11.6 Å². The molecule has 1 nitrogen and oxygen atoms in total. The van der Waals surface area contributed by atoms with Crippen molar-refractivity contribution in [2.24, 2.45) is 0 Å². The average molecular weight is 202 g/mol. The van der Waals surface area contributed by atoms with E-state index in [1.54, 1.807) is 6.92 Å². The van der Waals surface area contributed by atoms with Crippen molar-refractivity contribution >= 4 is 18.0 Å². The van der Waals surface area contributed by atoms with Gasteiger partial charge in [-0.3, -0.25) is 0 Å². The fourth-order valence-electron chi connectivity index (χ4n) is 0.799. The predicted octanol–water partition coefficient (Wildman–Crippen LogP) is 2.64. The smallest absolute Gasteiger partial charge is 0.139 e. The van der Waals surface area contributed by atoms with E-state index in [0.29, 0.717) is 11.2 Å². The maximum Gasteiger partial charge on any atom is 0.139 e. The van der Waals surface area contributed by atoms with Gasteiger partial charge in [-0.15, -0.1) is 11.8 Å². The zero-order valence-corrected chi connectivity index (χ0v) is 7.78. The molecule has 0 spiro atoms. The van der Waals surface area contributed by atoms with Gasteiger partial charge in [0.05, 0.1) is 5.25 Å². The van der Waals surface area contributed by atoms with E-state index in [1.807, 2.05) is 0 Å². The number of hydrogen-bond donors (Lipinski definition) is 0.